The molecule has 1 atom stereocenters. The molecule has 2 aromatic rings. The van der Waals surface area contributed by atoms with Crippen molar-refractivity contribution < 1.29 is 27.5 Å². The maximum Gasteiger partial charge on any atom is 0.573 e. The van der Waals surface area contributed by atoms with Gasteiger partial charge in [0.25, 0.3) is 5.91 Å². The summed E-state index contributed by atoms with van der Waals surface area (Å²) in [6.07, 6.45) is -1.37. The molecular formula is C20H21F3N4O3. The highest BCUT2D eigenvalue weighted by molar-refractivity contribution is 6.23. The van der Waals surface area contributed by atoms with Crippen molar-refractivity contribution in [2.45, 2.75) is 45.1 Å². The van der Waals surface area contributed by atoms with E-state index in [-0.39, 0.29) is 18.2 Å². The van der Waals surface area contributed by atoms with Crippen molar-refractivity contribution in [1.29, 1.82) is 0 Å². The molecule has 2 N–H and O–H groups in total. The van der Waals surface area contributed by atoms with Gasteiger partial charge in [-0.1, -0.05) is 0 Å². The van der Waals surface area contributed by atoms with Crippen molar-refractivity contribution in [1.82, 2.24) is 10.3 Å². The highest BCUT2D eigenvalue weighted by atomic mass is 19.4. The molecule has 10 heteroatoms. The number of hydrogen-bond donors (Lipinski definition) is 2. The molecule has 3 amide bonds. The van der Waals surface area contributed by atoms with Crippen molar-refractivity contribution in [2.24, 2.45) is 0 Å². The van der Waals surface area contributed by atoms with Crippen LogP contribution in [0.1, 0.15) is 26.3 Å². The summed E-state index contributed by atoms with van der Waals surface area (Å²) in [6.45, 7) is 5.54. The molecule has 7 nitrogen and oxygen atoms in total. The smallest absolute Gasteiger partial charge is 0.406 e. The van der Waals surface area contributed by atoms with Gasteiger partial charge in [0.05, 0.1) is 17.6 Å². The third-order valence-corrected chi connectivity index (χ3v) is 4.49. The summed E-state index contributed by atoms with van der Waals surface area (Å²) < 4.78 is 40.8. The first-order valence-electron chi connectivity index (χ1n) is 9.20. The number of amides is 3. The molecule has 1 aliphatic heterocycles. The lowest BCUT2D eigenvalue weighted by molar-refractivity contribution is -0.274. The van der Waals surface area contributed by atoms with E-state index in [4.69, 9.17) is 0 Å². The van der Waals surface area contributed by atoms with Gasteiger partial charge in [0, 0.05) is 18.7 Å². The Morgan fingerprint density at radius 2 is 1.87 bits per heavy atom. The first kappa shape index (κ1) is 21.4. The van der Waals surface area contributed by atoms with Gasteiger partial charge in [-0.3, -0.25) is 9.78 Å². The van der Waals surface area contributed by atoms with Gasteiger partial charge in [-0.25, -0.2) is 9.69 Å². The molecule has 0 aliphatic carbocycles. The summed E-state index contributed by atoms with van der Waals surface area (Å²) >= 11 is 0. The topological polar surface area (TPSA) is 83.6 Å². The van der Waals surface area contributed by atoms with Crippen molar-refractivity contribution in [2.75, 3.05) is 10.2 Å². The molecule has 30 heavy (non-hydrogen) atoms. The minimum absolute atomic E-state index is 0.142. The second-order valence-corrected chi connectivity index (χ2v) is 7.45. The van der Waals surface area contributed by atoms with Gasteiger partial charge in [0.1, 0.15) is 11.3 Å². The molecule has 1 unspecified atom stereocenters. The Balaban J connectivity index is 1.82. The Bertz CT molecular complexity index is 947. The lowest BCUT2D eigenvalue weighted by atomic mass is 9.92. The molecule has 1 aliphatic rings. The summed E-state index contributed by atoms with van der Waals surface area (Å²) in [5, 5.41) is 5.94. The van der Waals surface area contributed by atoms with E-state index < -0.39 is 29.6 Å². The average molecular weight is 422 g/mol. The highest BCUT2D eigenvalue weighted by Gasteiger charge is 2.48. The molecule has 1 aromatic heterocycles. The van der Waals surface area contributed by atoms with E-state index >= 15 is 0 Å². The van der Waals surface area contributed by atoms with Crippen LogP contribution in [0.4, 0.5) is 29.3 Å². The Morgan fingerprint density at radius 3 is 2.47 bits per heavy atom. The minimum Gasteiger partial charge on any atom is -0.406 e. The molecule has 1 saturated heterocycles. The first-order chi connectivity index (χ1) is 14.0. The zero-order chi connectivity index (χ0) is 22.1. The number of halogens is 3. The third-order valence-electron chi connectivity index (χ3n) is 4.49. The van der Waals surface area contributed by atoms with Crippen LogP contribution >= 0.6 is 0 Å². The fraction of sp³-hybridized carbons (Fsp3) is 0.350. The Morgan fingerprint density at radius 1 is 1.20 bits per heavy atom. The van der Waals surface area contributed by atoms with E-state index in [1.54, 1.807) is 25.4 Å². The number of anilines is 2. The van der Waals surface area contributed by atoms with Crippen LogP contribution < -0.4 is 20.3 Å². The van der Waals surface area contributed by atoms with Crippen LogP contribution in [0.15, 0.2) is 42.7 Å². The number of carbonyl (C=O) groups excluding carboxylic acids is 2. The van der Waals surface area contributed by atoms with Crippen LogP contribution in [0.2, 0.25) is 0 Å². The van der Waals surface area contributed by atoms with Gasteiger partial charge in [-0.05, 0) is 56.7 Å². The average Bonchev–Trinajstić information content (AvgIpc) is 2.85. The van der Waals surface area contributed by atoms with E-state index in [0.717, 1.165) is 28.3 Å². The van der Waals surface area contributed by atoms with Gasteiger partial charge in [0.15, 0.2) is 0 Å². The predicted octanol–water partition coefficient (Wildman–Crippen LogP) is 3.86. The van der Waals surface area contributed by atoms with Gasteiger partial charge >= 0.3 is 12.4 Å². The van der Waals surface area contributed by atoms with E-state index in [1.807, 2.05) is 13.8 Å². The SMILES string of the molecule is CC(C)Nc1cnccc1CC1(C)NC(=O)N(c2ccc(OC(F)(F)F)cc2)C1=O. The molecule has 0 bridgehead atoms. The lowest BCUT2D eigenvalue weighted by Crippen LogP contribution is -2.46. The quantitative estimate of drug-likeness (QED) is 0.691. The van der Waals surface area contributed by atoms with E-state index in [9.17, 15) is 22.8 Å². The summed E-state index contributed by atoms with van der Waals surface area (Å²) in [5.74, 6) is -0.952. The van der Waals surface area contributed by atoms with E-state index in [0.29, 0.717) is 0 Å². The first-order valence-corrected chi connectivity index (χ1v) is 9.20. The number of carbonyl (C=O) groups is 2. The number of pyridine rings is 1. The van der Waals surface area contributed by atoms with E-state index in [1.165, 1.54) is 12.1 Å². The summed E-state index contributed by atoms with van der Waals surface area (Å²) in [6, 6.07) is 5.80. The molecular weight excluding hydrogens is 401 g/mol. The van der Waals surface area contributed by atoms with Crippen molar-refractivity contribution in [3.63, 3.8) is 0 Å². The normalized spacial score (nSPS) is 19.2. The molecule has 160 valence electrons. The summed E-state index contributed by atoms with van der Waals surface area (Å²) in [7, 11) is 0. The number of nitrogens with one attached hydrogen (secondary N) is 2. The zero-order valence-corrected chi connectivity index (χ0v) is 16.6. The van der Waals surface area contributed by atoms with Crippen molar-refractivity contribution >= 4 is 23.3 Å². The van der Waals surface area contributed by atoms with E-state index in [2.05, 4.69) is 20.4 Å². The Labute approximate surface area is 171 Å². The third kappa shape index (κ3) is 4.64. The number of imide groups is 1. The van der Waals surface area contributed by atoms with Crippen LogP contribution in [0.5, 0.6) is 5.75 Å². The molecule has 3 rings (SSSR count). The Hall–Kier alpha value is -3.30. The molecule has 0 radical (unpaired) electrons. The Kier molecular flexibility index (Phi) is 5.60. The number of aromatic nitrogens is 1. The predicted molar refractivity (Wildman–Crippen MR) is 104 cm³/mol. The largest absolute Gasteiger partial charge is 0.573 e. The lowest BCUT2D eigenvalue weighted by Gasteiger charge is -2.24. The van der Waals surface area contributed by atoms with Crippen LogP contribution in [-0.4, -0.2) is 34.9 Å². The van der Waals surface area contributed by atoms with Crippen LogP contribution in [0.25, 0.3) is 0 Å². The van der Waals surface area contributed by atoms with Crippen LogP contribution in [0, 0.1) is 0 Å². The highest BCUT2D eigenvalue weighted by Crippen LogP contribution is 2.31. The second-order valence-electron chi connectivity index (χ2n) is 7.45. The van der Waals surface area contributed by atoms with Gasteiger partial charge < -0.3 is 15.4 Å². The number of hydrogen-bond acceptors (Lipinski definition) is 5. The second kappa shape index (κ2) is 7.85. The monoisotopic (exact) mass is 422 g/mol. The molecule has 1 aromatic carbocycles. The van der Waals surface area contributed by atoms with Crippen molar-refractivity contribution in [3.05, 3.63) is 48.3 Å². The molecule has 0 saturated carbocycles. The summed E-state index contributed by atoms with van der Waals surface area (Å²) in [4.78, 5) is 30.6. The molecule has 0 spiro atoms. The van der Waals surface area contributed by atoms with Crippen LogP contribution in [-0.2, 0) is 11.2 Å². The number of ether oxygens (including phenoxy) is 1. The maximum atomic E-state index is 13.1. The van der Waals surface area contributed by atoms with Gasteiger partial charge in [-0.2, -0.15) is 0 Å². The standard InChI is InChI=1S/C20H21F3N4O3/c1-12(2)25-16-11-24-9-8-13(16)10-19(3)17(28)27(18(29)26-19)14-4-6-15(7-5-14)30-20(21,22)23/h4-9,11-12,25H,10H2,1-3H3,(H,26,29). The van der Waals surface area contributed by atoms with Crippen LogP contribution in [0.3, 0.4) is 0 Å². The minimum atomic E-state index is -4.83. The zero-order valence-electron chi connectivity index (χ0n) is 16.6. The fourth-order valence-electron chi connectivity index (χ4n) is 3.23. The number of rotatable bonds is 6. The molecule has 2 heterocycles. The summed E-state index contributed by atoms with van der Waals surface area (Å²) in [5.41, 5.74) is 0.465. The number of alkyl halides is 3. The van der Waals surface area contributed by atoms with Gasteiger partial charge in [0.2, 0.25) is 0 Å². The van der Waals surface area contributed by atoms with Crippen molar-refractivity contribution in [3.8, 4) is 5.75 Å². The maximum absolute atomic E-state index is 13.1. The van der Waals surface area contributed by atoms with Gasteiger partial charge in [-0.15, -0.1) is 13.2 Å². The number of urea groups is 1. The number of benzene rings is 1. The number of nitrogens with zero attached hydrogens (tertiary/aromatic N) is 2. The molecule has 1 fully saturated rings. The fourth-order valence-corrected chi connectivity index (χ4v) is 3.23.